The first kappa shape index (κ1) is 11.1. The summed E-state index contributed by atoms with van der Waals surface area (Å²) in [5.41, 5.74) is 1.42. The molecule has 3 atom stereocenters. The molecule has 2 saturated heterocycles. The van der Waals surface area contributed by atoms with Crippen LogP contribution in [0, 0.1) is 5.82 Å². The van der Waals surface area contributed by atoms with Crippen molar-refractivity contribution in [2.24, 2.45) is 0 Å². The van der Waals surface area contributed by atoms with Gasteiger partial charge in [0.1, 0.15) is 17.6 Å². The summed E-state index contributed by atoms with van der Waals surface area (Å²) in [6.07, 6.45) is 2.40. The highest BCUT2D eigenvalue weighted by Gasteiger charge is 2.48. The van der Waals surface area contributed by atoms with Gasteiger partial charge < -0.3 is 10.1 Å². The van der Waals surface area contributed by atoms with E-state index in [-0.39, 0.29) is 18.0 Å². The fourth-order valence-electron chi connectivity index (χ4n) is 2.61. The van der Waals surface area contributed by atoms with Crippen LogP contribution in [-0.2, 0) is 4.74 Å². The van der Waals surface area contributed by atoms with Crippen LogP contribution in [0.1, 0.15) is 6.04 Å². The number of piperidine rings is 1. The molecular weight excluding hydrogens is 247 g/mol. The maximum Gasteiger partial charge on any atom is 0.123 e. The van der Waals surface area contributed by atoms with E-state index in [0.29, 0.717) is 11.8 Å². The van der Waals surface area contributed by atoms with E-state index >= 15 is 0 Å². The molecule has 5 nitrogen and oxygen atoms in total. The van der Waals surface area contributed by atoms with E-state index in [1.165, 1.54) is 12.1 Å². The number of aromatic nitrogens is 3. The van der Waals surface area contributed by atoms with E-state index in [2.05, 4.69) is 15.6 Å². The molecule has 6 heteroatoms. The number of rotatable bonds is 2. The summed E-state index contributed by atoms with van der Waals surface area (Å²) in [4.78, 5) is 0. The standard InChI is InChI=1S/C13H13FN4O/c14-9-3-1-2-8(4-9)10-7-18(17-16-10)11-5-15-6-12-13(11)19-12/h1-4,7,11-13,15H,5-6H2/t11-,12-,13+/m0/s1. The number of epoxide rings is 1. The molecule has 2 aliphatic rings. The number of fused-ring (bicyclic) bond motifs is 1. The normalized spacial score (nSPS) is 29.0. The monoisotopic (exact) mass is 260 g/mol. The molecule has 1 aromatic heterocycles. The van der Waals surface area contributed by atoms with Gasteiger partial charge in [-0.15, -0.1) is 5.10 Å². The number of ether oxygens (including phenoxy) is 1. The van der Waals surface area contributed by atoms with Crippen LogP contribution in [0.4, 0.5) is 4.39 Å². The molecule has 0 spiro atoms. The zero-order chi connectivity index (χ0) is 12.8. The average molecular weight is 260 g/mol. The van der Waals surface area contributed by atoms with Gasteiger partial charge in [-0.25, -0.2) is 9.07 Å². The lowest BCUT2D eigenvalue weighted by atomic mass is 10.1. The van der Waals surface area contributed by atoms with E-state index in [9.17, 15) is 4.39 Å². The quantitative estimate of drug-likeness (QED) is 0.818. The minimum atomic E-state index is -0.267. The van der Waals surface area contributed by atoms with Gasteiger partial charge >= 0.3 is 0 Å². The largest absolute Gasteiger partial charge is 0.366 e. The Balaban J connectivity index is 1.62. The Kier molecular flexibility index (Phi) is 2.39. The second kappa shape index (κ2) is 4.11. The van der Waals surface area contributed by atoms with Crippen molar-refractivity contribution in [3.63, 3.8) is 0 Å². The van der Waals surface area contributed by atoms with E-state index < -0.39 is 0 Å². The van der Waals surface area contributed by atoms with E-state index in [4.69, 9.17) is 4.74 Å². The first-order valence-corrected chi connectivity index (χ1v) is 6.35. The average Bonchev–Trinajstić information content (AvgIpc) is 3.06. The predicted octanol–water partition coefficient (Wildman–Crippen LogP) is 0.996. The summed E-state index contributed by atoms with van der Waals surface area (Å²) >= 11 is 0. The van der Waals surface area contributed by atoms with Gasteiger partial charge in [0.2, 0.25) is 0 Å². The minimum absolute atomic E-state index is 0.175. The first-order chi connectivity index (χ1) is 9.31. The zero-order valence-corrected chi connectivity index (χ0v) is 10.2. The van der Waals surface area contributed by atoms with Crippen LogP contribution in [-0.4, -0.2) is 40.3 Å². The van der Waals surface area contributed by atoms with Crippen molar-refractivity contribution in [2.45, 2.75) is 18.2 Å². The lowest BCUT2D eigenvalue weighted by Crippen LogP contribution is -2.38. The topological polar surface area (TPSA) is 55.3 Å². The van der Waals surface area contributed by atoms with Gasteiger partial charge in [0.25, 0.3) is 0 Å². The lowest BCUT2D eigenvalue weighted by Gasteiger charge is -2.18. The van der Waals surface area contributed by atoms with Crippen LogP contribution in [0.25, 0.3) is 11.3 Å². The molecule has 1 aromatic carbocycles. The Morgan fingerprint density at radius 3 is 3.21 bits per heavy atom. The molecule has 0 saturated carbocycles. The van der Waals surface area contributed by atoms with Crippen LogP contribution >= 0.6 is 0 Å². The molecule has 2 fully saturated rings. The molecule has 1 N–H and O–H groups in total. The summed E-state index contributed by atoms with van der Waals surface area (Å²) in [7, 11) is 0. The molecule has 2 aromatic rings. The summed E-state index contributed by atoms with van der Waals surface area (Å²) in [6.45, 7) is 1.74. The van der Waals surface area contributed by atoms with Crippen molar-refractivity contribution >= 4 is 0 Å². The maximum absolute atomic E-state index is 13.2. The van der Waals surface area contributed by atoms with Gasteiger partial charge in [0.05, 0.1) is 18.3 Å². The van der Waals surface area contributed by atoms with Gasteiger partial charge in [-0.3, -0.25) is 0 Å². The van der Waals surface area contributed by atoms with Gasteiger partial charge in [-0.2, -0.15) is 0 Å². The molecule has 3 heterocycles. The molecule has 0 aliphatic carbocycles. The van der Waals surface area contributed by atoms with Crippen molar-refractivity contribution in [3.05, 3.63) is 36.3 Å². The van der Waals surface area contributed by atoms with Gasteiger partial charge in [-0.1, -0.05) is 17.3 Å². The first-order valence-electron chi connectivity index (χ1n) is 6.35. The van der Waals surface area contributed by atoms with E-state index in [1.54, 1.807) is 6.07 Å². The van der Waals surface area contributed by atoms with Crippen LogP contribution in [0.5, 0.6) is 0 Å². The van der Waals surface area contributed by atoms with Crippen molar-refractivity contribution < 1.29 is 9.13 Å². The highest BCUT2D eigenvalue weighted by molar-refractivity contribution is 5.57. The van der Waals surface area contributed by atoms with Crippen molar-refractivity contribution in [1.29, 1.82) is 0 Å². The Bertz CT molecular complexity index is 614. The third-order valence-electron chi connectivity index (χ3n) is 3.67. The fraction of sp³-hybridized carbons (Fsp3) is 0.385. The zero-order valence-electron chi connectivity index (χ0n) is 10.2. The summed E-state index contributed by atoms with van der Waals surface area (Å²) in [5, 5.41) is 11.6. The third kappa shape index (κ3) is 1.93. The van der Waals surface area contributed by atoms with Gasteiger partial charge in [0, 0.05) is 18.7 Å². The SMILES string of the molecule is Fc1cccc(-c2cn([C@H]3CNC[C@@H]4O[C@@H]43)nn2)c1. The van der Waals surface area contributed by atoms with Crippen LogP contribution < -0.4 is 5.32 Å². The highest BCUT2D eigenvalue weighted by Crippen LogP contribution is 2.34. The van der Waals surface area contributed by atoms with Crippen LogP contribution in [0.15, 0.2) is 30.5 Å². The molecule has 0 unspecified atom stereocenters. The number of nitrogens with one attached hydrogen (secondary N) is 1. The summed E-state index contributed by atoms with van der Waals surface area (Å²) < 4.78 is 20.6. The molecule has 0 amide bonds. The predicted molar refractivity (Wildman–Crippen MR) is 66.0 cm³/mol. The Morgan fingerprint density at radius 1 is 1.37 bits per heavy atom. The molecule has 0 radical (unpaired) electrons. The maximum atomic E-state index is 13.2. The van der Waals surface area contributed by atoms with E-state index in [1.807, 2.05) is 16.9 Å². The van der Waals surface area contributed by atoms with Crippen molar-refractivity contribution in [3.8, 4) is 11.3 Å². The highest BCUT2D eigenvalue weighted by atomic mass is 19.1. The van der Waals surface area contributed by atoms with Crippen LogP contribution in [0.2, 0.25) is 0 Å². The Labute approximate surface area is 109 Å². The fourth-order valence-corrected chi connectivity index (χ4v) is 2.61. The number of hydrogen-bond acceptors (Lipinski definition) is 4. The molecular formula is C13H13FN4O. The number of benzene rings is 1. The van der Waals surface area contributed by atoms with Crippen molar-refractivity contribution in [1.82, 2.24) is 20.3 Å². The van der Waals surface area contributed by atoms with Crippen molar-refractivity contribution in [2.75, 3.05) is 13.1 Å². The van der Waals surface area contributed by atoms with E-state index in [0.717, 1.165) is 18.7 Å². The lowest BCUT2D eigenvalue weighted by molar-refractivity contribution is 0.309. The minimum Gasteiger partial charge on any atom is -0.366 e. The molecule has 0 bridgehead atoms. The smallest absolute Gasteiger partial charge is 0.123 e. The number of hydrogen-bond donors (Lipinski definition) is 1. The molecule has 4 rings (SSSR count). The Hall–Kier alpha value is -1.79. The Morgan fingerprint density at radius 2 is 2.32 bits per heavy atom. The summed E-state index contributed by atoms with van der Waals surface area (Å²) in [6, 6.07) is 6.55. The van der Waals surface area contributed by atoms with Gasteiger partial charge in [-0.05, 0) is 12.1 Å². The molecule has 19 heavy (non-hydrogen) atoms. The number of nitrogens with zero attached hydrogens (tertiary/aromatic N) is 3. The van der Waals surface area contributed by atoms with Crippen LogP contribution in [0.3, 0.4) is 0 Å². The third-order valence-corrected chi connectivity index (χ3v) is 3.67. The molecule has 2 aliphatic heterocycles. The second-order valence-electron chi connectivity index (χ2n) is 4.96. The number of halogens is 1. The second-order valence-corrected chi connectivity index (χ2v) is 4.96. The molecule has 98 valence electrons. The van der Waals surface area contributed by atoms with Gasteiger partial charge in [0.15, 0.2) is 0 Å². The summed E-state index contributed by atoms with van der Waals surface area (Å²) in [5.74, 6) is -0.267.